The molecule has 4 heterocycles. The average Bonchev–Trinajstić information content (AvgIpc) is 3.31. The number of ether oxygens (including phenoxy) is 1. The van der Waals surface area contributed by atoms with Gasteiger partial charge in [-0.15, -0.1) is 11.3 Å². The second-order valence-corrected chi connectivity index (χ2v) is 9.95. The van der Waals surface area contributed by atoms with Crippen molar-refractivity contribution < 1.29 is 4.74 Å². The average molecular weight is 451 g/mol. The highest BCUT2D eigenvalue weighted by Gasteiger charge is 2.22. The maximum atomic E-state index is 13.5. The number of H-pyrrole nitrogens is 1. The van der Waals surface area contributed by atoms with Crippen LogP contribution in [0, 0.1) is 0 Å². The molecule has 6 rings (SSSR count). The zero-order chi connectivity index (χ0) is 21.8. The lowest BCUT2D eigenvalue weighted by molar-refractivity contribution is 0.0343. The molecule has 1 aliphatic carbocycles. The van der Waals surface area contributed by atoms with Crippen molar-refractivity contribution in [3.05, 3.63) is 61.2 Å². The van der Waals surface area contributed by atoms with Gasteiger partial charge in [0.05, 0.1) is 24.3 Å². The summed E-state index contributed by atoms with van der Waals surface area (Å²) >= 11 is 1.57. The van der Waals surface area contributed by atoms with Crippen molar-refractivity contribution in [2.24, 2.45) is 7.05 Å². The maximum absolute atomic E-state index is 13.5. The van der Waals surface area contributed by atoms with Crippen LogP contribution in [0.1, 0.15) is 28.8 Å². The van der Waals surface area contributed by atoms with Crippen LogP contribution in [0.25, 0.3) is 26.8 Å². The summed E-state index contributed by atoms with van der Waals surface area (Å²) in [7, 11) is 2.04. The van der Waals surface area contributed by atoms with Crippen LogP contribution in [-0.2, 0) is 31.2 Å². The molecule has 0 atom stereocenters. The zero-order valence-electron chi connectivity index (χ0n) is 18.1. The summed E-state index contributed by atoms with van der Waals surface area (Å²) in [6.45, 7) is 4.16. The summed E-state index contributed by atoms with van der Waals surface area (Å²) in [6.07, 6.45) is 6.30. The molecule has 32 heavy (non-hydrogen) atoms. The maximum Gasteiger partial charge on any atom is 0.334 e. The summed E-state index contributed by atoms with van der Waals surface area (Å²) in [4.78, 5) is 33.9. The van der Waals surface area contributed by atoms with E-state index in [1.807, 2.05) is 25.2 Å². The van der Waals surface area contributed by atoms with Crippen LogP contribution < -0.4 is 11.2 Å². The highest BCUT2D eigenvalue weighted by molar-refractivity contribution is 7.18. The first-order chi connectivity index (χ1) is 15.6. The molecule has 166 valence electrons. The van der Waals surface area contributed by atoms with Gasteiger partial charge in [0.15, 0.2) is 0 Å². The molecule has 1 N–H and O–H groups in total. The summed E-state index contributed by atoms with van der Waals surface area (Å²) in [6, 6.07) is 5.88. The minimum atomic E-state index is -0.369. The van der Waals surface area contributed by atoms with Crippen molar-refractivity contribution in [1.82, 2.24) is 19.0 Å². The quantitative estimate of drug-likeness (QED) is 0.521. The molecule has 0 bridgehead atoms. The van der Waals surface area contributed by atoms with E-state index in [0.717, 1.165) is 79.8 Å². The van der Waals surface area contributed by atoms with Crippen molar-refractivity contribution in [3.8, 4) is 5.69 Å². The van der Waals surface area contributed by atoms with E-state index < -0.39 is 0 Å². The standard InChI is InChI=1S/C24H26N4O3S/c1-26-13-15(14-27-8-10-31-11-9-27)18-12-16(6-7-19(18)26)28-23(29)21-17-4-2-3-5-20(17)32-22(21)25-24(28)30/h6-7,12-13H,2-5,8-11,14H2,1H3,(H,25,30). The number of benzene rings is 1. The van der Waals surface area contributed by atoms with Gasteiger partial charge in [-0.2, -0.15) is 0 Å². The third-order valence-corrected chi connectivity index (χ3v) is 8.03. The fourth-order valence-electron chi connectivity index (χ4n) is 5.20. The van der Waals surface area contributed by atoms with E-state index >= 15 is 0 Å². The lowest BCUT2D eigenvalue weighted by atomic mass is 9.97. The number of morpholine rings is 1. The van der Waals surface area contributed by atoms with E-state index in [-0.39, 0.29) is 11.2 Å². The van der Waals surface area contributed by atoms with Crippen molar-refractivity contribution in [2.75, 3.05) is 26.3 Å². The summed E-state index contributed by atoms with van der Waals surface area (Å²) < 4.78 is 8.90. The molecule has 1 saturated heterocycles. The van der Waals surface area contributed by atoms with Crippen LogP contribution in [0.4, 0.5) is 0 Å². The largest absolute Gasteiger partial charge is 0.379 e. The molecular formula is C24H26N4O3S. The zero-order valence-corrected chi connectivity index (χ0v) is 19.0. The van der Waals surface area contributed by atoms with Crippen molar-refractivity contribution in [3.63, 3.8) is 0 Å². The van der Waals surface area contributed by atoms with E-state index in [4.69, 9.17) is 4.74 Å². The Morgan fingerprint density at radius 3 is 2.78 bits per heavy atom. The Balaban J connectivity index is 1.50. The van der Waals surface area contributed by atoms with E-state index in [1.165, 1.54) is 15.0 Å². The Morgan fingerprint density at radius 1 is 1.12 bits per heavy atom. The molecule has 3 aromatic heterocycles. The summed E-state index contributed by atoms with van der Waals surface area (Å²) in [5.74, 6) is 0. The number of fused-ring (bicyclic) bond motifs is 4. The minimum absolute atomic E-state index is 0.201. The number of thiophene rings is 1. The Hall–Kier alpha value is -2.68. The third-order valence-electron chi connectivity index (χ3n) is 6.82. The molecule has 0 unspecified atom stereocenters. The second-order valence-electron chi connectivity index (χ2n) is 8.84. The molecule has 0 spiro atoms. The number of nitrogens with one attached hydrogen (secondary N) is 1. The fraction of sp³-hybridized carbons (Fsp3) is 0.417. The first-order valence-corrected chi connectivity index (χ1v) is 12.1. The number of rotatable bonds is 3. The van der Waals surface area contributed by atoms with Gasteiger partial charge in [0, 0.05) is 48.7 Å². The van der Waals surface area contributed by atoms with Gasteiger partial charge >= 0.3 is 5.69 Å². The highest BCUT2D eigenvalue weighted by Crippen LogP contribution is 2.33. The van der Waals surface area contributed by atoms with Gasteiger partial charge in [0.25, 0.3) is 5.56 Å². The molecule has 1 fully saturated rings. The van der Waals surface area contributed by atoms with E-state index in [1.54, 1.807) is 11.3 Å². The second kappa shape index (κ2) is 7.72. The summed E-state index contributed by atoms with van der Waals surface area (Å²) in [5, 5.41) is 1.78. The van der Waals surface area contributed by atoms with Gasteiger partial charge in [-0.1, -0.05) is 0 Å². The Morgan fingerprint density at radius 2 is 1.94 bits per heavy atom. The molecule has 0 saturated carbocycles. The monoisotopic (exact) mass is 450 g/mol. The lowest BCUT2D eigenvalue weighted by Crippen LogP contribution is -2.35. The van der Waals surface area contributed by atoms with Gasteiger partial charge in [-0.05, 0) is 55.0 Å². The number of aromatic nitrogens is 3. The SMILES string of the molecule is Cn1cc(CN2CCOCC2)c2cc(-n3c(=O)[nH]c4sc5c(c4c3=O)CCCC5)ccc21. The van der Waals surface area contributed by atoms with Crippen LogP contribution in [0.3, 0.4) is 0 Å². The fourth-order valence-corrected chi connectivity index (χ4v) is 6.47. The van der Waals surface area contributed by atoms with Crippen molar-refractivity contribution in [1.29, 1.82) is 0 Å². The minimum Gasteiger partial charge on any atom is -0.379 e. The first kappa shape index (κ1) is 20.0. The van der Waals surface area contributed by atoms with Crippen LogP contribution in [0.2, 0.25) is 0 Å². The molecule has 7 nitrogen and oxygen atoms in total. The van der Waals surface area contributed by atoms with E-state index in [2.05, 4.69) is 20.6 Å². The van der Waals surface area contributed by atoms with Crippen molar-refractivity contribution >= 4 is 32.5 Å². The predicted octanol–water partition coefficient (Wildman–Crippen LogP) is 2.94. The van der Waals surface area contributed by atoms with Gasteiger partial charge in [-0.25, -0.2) is 9.36 Å². The Kier molecular flexibility index (Phi) is 4.82. The van der Waals surface area contributed by atoms with Crippen LogP contribution >= 0.6 is 11.3 Å². The van der Waals surface area contributed by atoms with Crippen LogP contribution in [0.15, 0.2) is 34.0 Å². The van der Waals surface area contributed by atoms with E-state index in [0.29, 0.717) is 11.1 Å². The van der Waals surface area contributed by atoms with Gasteiger partial charge in [0.2, 0.25) is 0 Å². The molecule has 2 aliphatic rings. The van der Waals surface area contributed by atoms with Crippen molar-refractivity contribution in [2.45, 2.75) is 32.2 Å². The van der Waals surface area contributed by atoms with Gasteiger partial charge in [-0.3, -0.25) is 14.7 Å². The van der Waals surface area contributed by atoms with Crippen LogP contribution in [-0.4, -0.2) is 45.3 Å². The third kappa shape index (κ3) is 3.17. The molecular weight excluding hydrogens is 424 g/mol. The predicted molar refractivity (Wildman–Crippen MR) is 127 cm³/mol. The molecule has 1 aliphatic heterocycles. The molecule has 8 heteroatoms. The van der Waals surface area contributed by atoms with E-state index in [9.17, 15) is 9.59 Å². The highest BCUT2D eigenvalue weighted by atomic mass is 32.1. The smallest absolute Gasteiger partial charge is 0.334 e. The molecule has 0 amide bonds. The molecule has 4 aromatic rings. The number of hydrogen-bond donors (Lipinski definition) is 1. The van der Waals surface area contributed by atoms with Gasteiger partial charge in [0.1, 0.15) is 4.83 Å². The number of aryl methyl sites for hydroxylation is 3. The number of nitrogens with zero attached hydrogens (tertiary/aromatic N) is 3. The Labute approximate surface area is 188 Å². The Bertz CT molecular complexity index is 1450. The topological polar surface area (TPSA) is 72.3 Å². The summed E-state index contributed by atoms with van der Waals surface area (Å²) in [5.41, 5.74) is 3.48. The number of aromatic amines is 1. The lowest BCUT2D eigenvalue weighted by Gasteiger charge is -2.26. The molecule has 0 radical (unpaired) electrons. The number of hydrogen-bond acceptors (Lipinski definition) is 5. The van der Waals surface area contributed by atoms with Gasteiger partial charge < -0.3 is 9.30 Å². The first-order valence-electron chi connectivity index (χ1n) is 11.3. The molecule has 1 aromatic carbocycles. The normalized spacial score (nSPS) is 17.3. The van der Waals surface area contributed by atoms with Crippen LogP contribution in [0.5, 0.6) is 0 Å².